The summed E-state index contributed by atoms with van der Waals surface area (Å²) in [7, 11) is 1.41. The van der Waals surface area contributed by atoms with E-state index in [1.807, 2.05) is 5.38 Å². The maximum Gasteiger partial charge on any atom is 0.335 e. The van der Waals surface area contributed by atoms with Gasteiger partial charge in [-0.3, -0.25) is 4.79 Å². The number of rotatable bonds is 5. The molecule has 2 N–H and O–H groups in total. The predicted molar refractivity (Wildman–Crippen MR) is 73.2 cm³/mol. The number of hydrogen-bond donors (Lipinski definition) is 2. The fourth-order valence-electron chi connectivity index (χ4n) is 1.57. The van der Waals surface area contributed by atoms with Crippen molar-refractivity contribution in [1.82, 2.24) is 10.3 Å². The number of carboxylic acid groups (broad SMARTS) is 1. The zero-order chi connectivity index (χ0) is 14.5. The second-order valence-electron chi connectivity index (χ2n) is 3.86. The van der Waals surface area contributed by atoms with Gasteiger partial charge in [0.1, 0.15) is 10.8 Å². The summed E-state index contributed by atoms with van der Waals surface area (Å²) in [5, 5.41) is 14.3. The lowest BCUT2D eigenvalue weighted by Gasteiger charge is -2.07. The standard InChI is InChI=1S/C13H12N2O4S/c1-19-10-5-8(4-9(6-10)13(17)18)12(16)15-7-11-14-2-3-20-11/h2-6H,7H2,1H3,(H,15,16)(H,17,18). The second kappa shape index (κ2) is 6.16. The van der Waals surface area contributed by atoms with Crippen LogP contribution in [0.25, 0.3) is 0 Å². The van der Waals surface area contributed by atoms with Gasteiger partial charge in [0.2, 0.25) is 0 Å². The predicted octanol–water partition coefficient (Wildman–Crippen LogP) is 1.78. The molecule has 20 heavy (non-hydrogen) atoms. The van der Waals surface area contributed by atoms with E-state index < -0.39 is 5.97 Å². The third-order valence-electron chi connectivity index (χ3n) is 2.54. The Balaban J connectivity index is 2.16. The highest BCUT2D eigenvalue weighted by Gasteiger charge is 2.12. The lowest BCUT2D eigenvalue weighted by atomic mass is 10.1. The Morgan fingerprint density at radius 1 is 1.35 bits per heavy atom. The van der Waals surface area contributed by atoms with E-state index in [1.54, 1.807) is 6.20 Å². The molecule has 1 aromatic carbocycles. The van der Waals surface area contributed by atoms with E-state index in [9.17, 15) is 9.59 Å². The normalized spacial score (nSPS) is 10.1. The van der Waals surface area contributed by atoms with Crippen molar-refractivity contribution in [3.8, 4) is 5.75 Å². The van der Waals surface area contributed by atoms with E-state index >= 15 is 0 Å². The first-order valence-electron chi connectivity index (χ1n) is 5.69. The summed E-state index contributed by atoms with van der Waals surface area (Å²) in [5.74, 6) is -1.16. The monoisotopic (exact) mass is 292 g/mol. The van der Waals surface area contributed by atoms with Gasteiger partial charge in [0.25, 0.3) is 5.91 Å². The first-order valence-corrected chi connectivity index (χ1v) is 6.57. The first kappa shape index (κ1) is 14.0. The number of amides is 1. The summed E-state index contributed by atoms with van der Waals surface area (Å²) in [5.41, 5.74) is 0.238. The minimum atomic E-state index is -1.11. The molecule has 0 unspecified atom stereocenters. The van der Waals surface area contributed by atoms with Gasteiger partial charge in [-0.2, -0.15) is 0 Å². The van der Waals surface area contributed by atoms with Gasteiger partial charge in [0, 0.05) is 17.1 Å². The Morgan fingerprint density at radius 3 is 2.70 bits per heavy atom. The molecule has 1 heterocycles. The third-order valence-corrected chi connectivity index (χ3v) is 3.31. The number of nitrogens with zero attached hydrogens (tertiary/aromatic N) is 1. The smallest absolute Gasteiger partial charge is 0.335 e. The highest BCUT2D eigenvalue weighted by Crippen LogP contribution is 2.17. The van der Waals surface area contributed by atoms with Gasteiger partial charge >= 0.3 is 5.97 Å². The van der Waals surface area contributed by atoms with Crippen LogP contribution in [0.3, 0.4) is 0 Å². The van der Waals surface area contributed by atoms with Crippen molar-refractivity contribution in [2.75, 3.05) is 7.11 Å². The van der Waals surface area contributed by atoms with Crippen LogP contribution in [0, 0.1) is 0 Å². The number of methoxy groups -OCH3 is 1. The number of aromatic carboxylic acids is 1. The van der Waals surface area contributed by atoms with E-state index in [-0.39, 0.29) is 17.0 Å². The van der Waals surface area contributed by atoms with E-state index in [0.29, 0.717) is 12.3 Å². The Kier molecular flexibility index (Phi) is 4.31. The molecule has 0 saturated heterocycles. The van der Waals surface area contributed by atoms with Gasteiger partial charge in [-0.05, 0) is 18.2 Å². The number of carbonyl (C=O) groups is 2. The fourth-order valence-corrected chi connectivity index (χ4v) is 2.13. The molecule has 0 fully saturated rings. The molecule has 2 aromatic rings. The minimum absolute atomic E-state index is 0.00347. The Morgan fingerprint density at radius 2 is 2.10 bits per heavy atom. The molecule has 6 nitrogen and oxygen atoms in total. The quantitative estimate of drug-likeness (QED) is 0.877. The average molecular weight is 292 g/mol. The molecular formula is C13H12N2O4S. The minimum Gasteiger partial charge on any atom is -0.497 e. The molecule has 0 radical (unpaired) electrons. The van der Waals surface area contributed by atoms with Crippen LogP contribution in [0.5, 0.6) is 5.75 Å². The maximum atomic E-state index is 12.0. The summed E-state index contributed by atoms with van der Waals surface area (Å²) in [4.78, 5) is 27.0. The summed E-state index contributed by atoms with van der Waals surface area (Å²) in [6, 6.07) is 4.16. The van der Waals surface area contributed by atoms with Crippen molar-refractivity contribution in [2.45, 2.75) is 6.54 Å². The zero-order valence-electron chi connectivity index (χ0n) is 10.6. The SMILES string of the molecule is COc1cc(C(=O)O)cc(C(=O)NCc2nccs2)c1. The Hall–Kier alpha value is -2.41. The van der Waals surface area contributed by atoms with Crippen LogP contribution in [0.4, 0.5) is 0 Å². The van der Waals surface area contributed by atoms with Crippen molar-refractivity contribution >= 4 is 23.2 Å². The molecule has 0 aliphatic heterocycles. The van der Waals surface area contributed by atoms with Gasteiger partial charge in [0.15, 0.2) is 0 Å². The summed E-state index contributed by atoms with van der Waals surface area (Å²) in [6.45, 7) is 0.302. The van der Waals surface area contributed by atoms with E-state index in [1.165, 1.54) is 36.6 Å². The van der Waals surface area contributed by atoms with Crippen molar-refractivity contribution in [3.05, 3.63) is 45.9 Å². The zero-order valence-corrected chi connectivity index (χ0v) is 11.4. The van der Waals surface area contributed by atoms with Crippen LogP contribution in [0.1, 0.15) is 25.7 Å². The summed E-state index contributed by atoms with van der Waals surface area (Å²) < 4.78 is 4.99. The Bertz CT molecular complexity index is 625. The van der Waals surface area contributed by atoms with Crippen LogP contribution < -0.4 is 10.1 Å². The first-order chi connectivity index (χ1) is 9.60. The Labute approximate surface area is 119 Å². The van der Waals surface area contributed by atoms with Gasteiger partial charge in [0.05, 0.1) is 19.2 Å². The molecule has 7 heteroatoms. The average Bonchev–Trinajstić information content (AvgIpc) is 2.97. The van der Waals surface area contributed by atoms with Crippen LogP contribution in [-0.4, -0.2) is 29.1 Å². The van der Waals surface area contributed by atoms with E-state index in [0.717, 1.165) is 5.01 Å². The molecule has 1 aromatic heterocycles. The number of hydrogen-bond acceptors (Lipinski definition) is 5. The number of carboxylic acids is 1. The molecule has 0 aliphatic carbocycles. The lowest BCUT2D eigenvalue weighted by Crippen LogP contribution is -2.23. The van der Waals surface area contributed by atoms with Crippen molar-refractivity contribution in [3.63, 3.8) is 0 Å². The number of carbonyl (C=O) groups excluding carboxylic acids is 1. The van der Waals surface area contributed by atoms with Crippen LogP contribution in [-0.2, 0) is 6.54 Å². The highest BCUT2D eigenvalue weighted by atomic mass is 32.1. The molecular weight excluding hydrogens is 280 g/mol. The van der Waals surface area contributed by atoms with E-state index in [4.69, 9.17) is 9.84 Å². The van der Waals surface area contributed by atoms with Crippen molar-refractivity contribution in [1.29, 1.82) is 0 Å². The lowest BCUT2D eigenvalue weighted by molar-refractivity contribution is 0.0696. The third kappa shape index (κ3) is 3.33. The molecule has 1 amide bonds. The van der Waals surface area contributed by atoms with Crippen molar-refractivity contribution < 1.29 is 19.4 Å². The van der Waals surface area contributed by atoms with E-state index in [2.05, 4.69) is 10.3 Å². The topological polar surface area (TPSA) is 88.5 Å². The highest BCUT2D eigenvalue weighted by molar-refractivity contribution is 7.09. The number of benzene rings is 1. The van der Waals surface area contributed by atoms with Gasteiger partial charge in [-0.1, -0.05) is 0 Å². The van der Waals surface area contributed by atoms with Crippen molar-refractivity contribution in [2.24, 2.45) is 0 Å². The molecule has 0 bridgehead atoms. The molecule has 0 spiro atoms. The number of aromatic nitrogens is 1. The van der Waals surface area contributed by atoms with Gasteiger partial charge in [-0.15, -0.1) is 11.3 Å². The summed E-state index contributed by atoms with van der Waals surface area (Å²) in [6.07, 6.45) is 1.65. The van der Waals surface area contributed by atoms with Crippen LogP contribution in [0.15, 0.2) is 29.8 Å². The second-order valence-corrected chi connectivity index (χ2v) is 4.84. The van der Waals surface area contributed by atoms with Gasteiger partial charge < -0.3 is 15.2 Å². The molecule has 104 valence electrons. The summed E-state index contributed by atoms with van der Waals surface area (Å²) >= 11 is 1.43. The van der Waals surface area contributed by atoms with Crippen LogP contribution >= 0.6 is 11.3 Å². The number of thiazole rings is 1. The van der Waals surface area contributed by atoms with Gasteiger partial charge in [-0.25, -0.2) is 9.78 Å². The molecule has 0 saturated carbocycles. The fraction of sp³-hybridized carbons (Fsp3) is 0.154. The maximum absolute atomic E-state index is 12.0. The largest absolute Gasteiger partial charge is 0.497 e. The number of nitrogens with one attached hydrogen (secondary N) is 1. The van der Waals surface area contributed by atoms with Crippen LogP contribution in [0.2, 0.25) is 0 Å². The number of ether oxygens (including phenoxy) is 1. The molecule has 0 atom stereocenters. The molecule has 2 rings (SSSR count). The molecule has 0 aliphatic rings.